The number of aromatic hydroxyl groups is 2. The zero-order chi connectivity index (χ0) is 14.9. The van der Waals surface area contributed by atoms with E-state index in [1.54, 1.807) is 0 Å². The zero-order valence-corrected chi connectivity index (χ0v) is 9.82. The monoisotopic (exact) mass is 283 g/mol. The summed E-state index contributed by atoms with van der Waals surface area (Å²) in [5.41, 5.74) is -0.633. The number of rotatable bonds is 2. The zero-order valence-electron chi connectivity index (χ0n) is 9.82. The maximum absolute atomic E-state index is 13.5. The maximum atomic E-state index is 13.5. The van der Waals surface area contributed by atoms with E-state index in [4.69, 9.17) is 10.2 Å². The molecule has 0 aliphatic carbocycles. The number of carbonyl (C=O) groups excluding carboxylic acids is 1. The molecule has 0 fully saturated rings. The summed E-state index contributed by atoms with van der Waals surface area (Å²) in [6.07, 6.45) is 0. The van der Waals surface area contributed by atoms with Gasteiger partial charge in [0, 0.05) is 5.69 Å². The number of anilines is 1. The number of amides is 1. The molecule has 2 rings (SSSR count). The van der Waals surface area contributed by atoms with Gasteiger partial charge in [-0.2, -0.15) is 4.39 Å². The van der Waals surface area contributed by atoms with Crippen molar-refractivity contribution in [1.29, 1.82) is 0 Å². The van der Waals surface area contributed by atoms with Crippen LogP contribution in [0.4, 0.5) is 18.9 Å². The Morgan fingerprint density at radius 1 is 1.00 bits per heavy atom. The lowest BCUT2D eigenvalue weighted by Crippen LogP contribution is -2.14. The predicted octanol–water partition coefficient (Wildman–Crippen LogP) is 2.77. The second kappa shape index (κ2) is 5.12. The van der Waals surface area contributed by atoms with Crippen molar-refractivity contribution < 1.29 is 28.2 Å². The highest BCUT2D eigenvalue weighted by atomic mass is 19.2. The first-order chi connectivity index (χ1) is 9.40. The van der Waals surface area contributed by atoms with Crippen LogP contribution in [-0.2, 0) is 0 Å². The Labute approximate surface area is 111 Å². The molecule has 0 aromatic heterocycles. The number of nitrogens with one attached hydrogen (secondary N) is 1. The van der Waals surface area contributed by atoms with Crippen LogP contribution in [0, 0.1) is 17.5 Å². The van der Waals surface area contributed by atoms with E-state index >= 15 is 0 Å². The van der Waals surface area contributed by atoms with Crippen LogP contribution in [0.25, 0.3) is 0 Å². The molecule has 20 heavy (non-hydrogen) atoms. The topological polar surface area (TPSA) is 69.6 Å². The molecule has 0 spiro atoms. The highest BCUT2D eigenvalue weighted by Gasteiger charge is 2.22. The summed E-state index contributed by atoms with van der Waals surface area (Å²) < 4.78 is 39.4. The summed E-state index contributed by atoms with van der Waals surface area (Å²) in [7, 11) is 0. The second-order valence-corrected chi connectivity index (χ2v) is 3.88. The summed E-state index contributed by atoms with van der Waals surface area (Å²) >= 11 is 0. The third-order valence-electron chi connectivity index (χ3n) is 2.50. The van der Waals surface area contributed by atoms with Crippen molar-refractivity contribution in [2.24, 2.45) is 0 Å². The Hall–Kier alpha value is -2.70. The quantitative estimate of drug-likeness (QED) is 0.586. The van der Waals surface area contributed by atoms with Crippen LogP contribution in [0.1, 0.15) is 10.4 Å². The second-order valence-electron chi connectivity index (χ2n) is 3.88. The number of halogens is 3. The minimum atomic E-state index is -1.76. The van der Waals surface area contributed by atoms with Gasteiger partial charge in [-0.1, -0.05) is 0 Å². The first-order valence-corrected chi connectivity index (χ1v) is 5.37. The van der Waals surface area contributed by atoms with Gasteiger partial charge < -0.3 is 15.5 Å². The first-order valence-electron chi connectivity index (χ1n) is 5.37. The molecule has 0 aliphatic heterocycles. The Morgan fingerprint density at radius 2 is 1.60 bits per heavy atom. The summed E-state index contributed by atoms with van der Waals surface area (Å²) in [5, 5.41) is 20.3. The average Bonchev–Trinajstić information content (AvgIpc) is 2.43. The van der Waals surface area contributed by atoms with Gasteiger partial charge >= 0.3 is 0 Å². The van der Waals surface area contributed by atoms with Crippen molar-refractivity contribution >= 4 is 11.6 Å². The fraction of sp³-hybridized carbons (Fsp3) is 0. The highest BCUT2D eigenvalue weighted by molar-refractivity contribution is 6.04. The van der Waals surface area contributed by atoms with Crippen molar-refractivity contribution in [3.8, 4) is 11.5 Å². The number of phenols is 2. The molecule has 0 aliphatic rings. The largest absolute Gasteiger partial charge is 0.508 e. The van der Waals surface area contributed by atoms with E-state index in [1.165, 1.54) is 24.3 Å². The lowest BCUT2D eigenvalue weighted by Gasteiger charge is -2.08. The Balaban J connectivity index is 2.32. The van der Waals surface area contributed by atoms with E-state index in [1.807, 2.05) is 0 Å². The normalized spacial score (nSPS) is 10.3. The van der Waals surface area contributed by atoms with Crippen molar-refractivity contribution in [2.75, 3.05) is 5.32 Å². The van der Waals surface area contributed by atoms with Crippen LogP contribution in [-0.4, -0.2) is 16.1 Å². The Morgan fingerprint density at radius 3 is 2.20 bits per heavy atom. The first kappa shape index (κ1) is 13.7. The molecular weight excluding hydrogens is 275 g/mol. The molecule has 0 heterocycles. The molecule has 0 radical (unpaired) electrons. The van der Waals surface area contributed by atoms with Gasteiger partial charge in [0.15, 0.2) is 17.4 Å². The fourth-order valence-electron chi connectivity index (χ4n) is 1.50. The molecule has 1 amide bonds. The van der Waals surface area contributed by atoms with E-state index < -0.39 is 34.7 Å². The van der Waals surface area contributed by atoms with E-state index in [2.05, 4.69) is 5.32 Å². The van der Waals surface area contributed by atoms with Gasteiger partial charge in [0.1, 0.15) is 5.75 Å². The van der Waals surface area contributed by atoms with Crippen LogP contribution in [0.3, 0.4) is 0 Å². The number of phenolic OH excluding ortho intramolecular Hbond substituents is 2. The van der Waals surface area contributed by atoms with Crippen LogP contribution in [0.15, 0.2) is 30.3 Å². The molecule has 104 valence electrons. The molecule has 7 heteroatoms. The molecule has 0 saturated heterocycles. The lowest BCUT2D eigenvalue weighted by atomic mass is 10.1. The fourth-order valence-corrected chi connectivity index (χ4v) is 1.50. The molecule has 0 atom stereocenters. The number of carbonyl (C=O) groups is 1. The van der Waals surface area contributed by atoms with Crippen LogP contribution >= 0.6 is 0 Å². The minimum Gasteiger partial charge on any atom is -0.508 e. The summed E-state index contributed by atoms with van der Waals surface area (Å²) in [4.78, 5) is 11.7. The predicted molar refractivity (Wildman–Crippen MR) is 64.0 cm³/mol. The Kier molecular flexibility index (Phi) is 3.51. The molecule has 2 aromatic carbocycles. The maximum Gasteiger partial charge on any atom is 0.258 e. The third kappa shape index (κ3) is 2.51. The number of hydrogen-bond acceptors (Lipinski definition) is 3. The molecule has 0 unspecified atom stereocenters. The van der Waals surface area contributed by atoms with E-state index in [0.717, 1.165) is 0 Å². The van der Waals surface area contributed by atoms with Crippen molar-refractivity contribution in [1.82, 2.24) is 0 Å². The molecule has 2 aromatic rings. The summed E-state index contributed by atoms with van der Waals surface area (Å²) in [6.45, 7) is 0. The highest BCUT2D eigenvalue weighted by Crippen LogP contribution is 2.26. The van der Waals surface area contributed by atoms with Crippen molar-refractivity contribution in [3.63, 3.8) is 0 Å². The SMILES string of the molecule is O=C(Nc1ccc(O)cc1)c1cc(F)c(F)c(O)c1F. The molecule has 4 nitrogen and oxygen atoms in total. The van der Waals surface area contributed by atoms with Crippen LogP contribution in [0.2, 0.25) is 0 Å². The number of benzene rings is 2. The average molecular weight is 283 g/mol. The standard InChI is InChI=1S/C13H8F3NO3/c14-9-5-8(10(15)12(19)11(9)16)13(20)17-6-1-3-7(18)4-2-6/h1-5,18-19H,(H,17,20). The van der Waals surface area contributed by atoms with Crippen LogP contribution < -0.4 is 5.32 Å². The van der Waals surface area contributed by atoms with Crippen molar-refractivity contribution in [3.05, 3.63) is 53.3 Å². The number of hydrogen-bond donors (Lipinski definition) is 3. The van der Waals surface area contributed by atoms with Gasteiger partial charge in [0.25, 0.3) is 5.91 Å². The molecule has 0 saturated carbocycles. The van der Waals surface area contributed by atoms with Gasteiger partial charge in [0.05, 0.1) is 5.56 Å². The smallest absolute Gasteiger partial charge is 0.258 e. The van der Waals surface area contributed by atoms with Crippen LogP contribution in [0.5, 0.6) is 11.5 Å². The lowest BCUT2D eigenvalue weighted by molar-refractivity contribution is 0.102. The molecule has 3 N–H and O–H groups in total. The van der Waals surface area contributed by atoms with Gasteiger partial charge in [-0.05, 0) is 30.3 Å². The van der Waals surface area contributed by atoms with Gasteiger partial charge in [0.2, 0.25) is 5.82 Å². The minimum absolute atomic E-state index is 0.0420. The summed E-state index contributed by atoms with van der Waals surface area (Å²) in [6, 6.07) is 5.54. The van der Waals surface area contributed by atoms with E-state index in [9.17, 15) is 18.0 Å². The van der Waals surface area contributed by atoms with E-state index in [0.29, 0.717) is 6.07 Å². The molecular formula is C13H8F3NO3. The van der Waals surface area contributed by atoms with Gasteiger partial charge in [-0.3, -0.25) is 4.79 Å². The third-order valence-corrected chi connectivity index (χ3v) is 2.50. The van der Waals surface area contributed by atoms with E-state index in [-0.39, 0.29) is 11.4 Å². The molecule has 0 bridgehead atoms. The summed E-state index contributed by atoms with van der Waals surface area (Å²) in [5.74, 6) is -7.52. The van der Waals surface area contributed by atoms with Gasteiger partial charge in [-0.25, -0.2) is 8.78 Å². The van der Waals surface area contributed by atoms with Gasteiger partial charge in [-0.15, -0.1) is 0 Å². The Bertz CT molecular complexity index is 672. The van der Waals surface area contributed by atoms with Crippen molar-refractivity contribution in [2.45, 2.75) is 0 Å².